The molecule has 2 heterocycles. The Morgan fingerprint density at radius 1 is 1.43 bits per heavy atom. The number of piperazine rings is 1. The molecule has 0 bridgehead atoms. The summed E-state index contributed by atoms with van der Waals surface area (Å²) in [7, 11) is 1.74. The number of carbonyl (C=O) groups is 1. The van der Waals surface area contributed by atoms with Gasteiger partial charge in [-0.1, -0.05) is 40.7 Å². The van der Waals surface area contributed by atoms with E-state index < -0.39 is 5.60 Å². The average molecular weight is 452 g/mol. The SMILES string of the molecule is CN=CSCN1CCN(C(=O)OC(C)(C)C)CC1c1nc(-c2cccc(Cl)c2)no1. The van der Waals surface area contributed by atoms with Gasteiger partial charge in [0.25, 0.3) is 0 Å². The van der Waals surface area contributed by atoms with Crippen LogP contribution in [-0.4, -0.2) is 69.7 Å². The van der Waals surface area contributed by atoms with Crippen LogP contribution >= 0.6 is 23.4 Å². The lowest BCUT2D eigenvalue weighted by molar-refractivity contribution is 0.00305. The molecule has 1 aromatic heterocycles. The van der Waals surface area contributed by atoms with Crippen molar-refractivity contribution < 1.29 is 14.1 Å². The normalized spacial score (nSPS) is 18.2. The van der Waals surface area contributed by atoms with E-state index in [1.165, 1.54) is 0 Å². The number of hydrogen-bond donors (Lipinski definition) is 0. The van der Waals surface area contributed by atoms with Gasteiger partial charge in [0.2, 0.25) is 11.7 Å². The zero-order valence-electron chi connectivity index (χ0n) is 17.5. The Kier molecular flexibility index (Phi) is 7.38. The van der Waals surface area contributed by atoms with Gasteiger partial charge in [0.05, 0.1) is 11.4 Å². The second-order valence-corrected chi connectivity index (χ2v) is 9.12. The van der Waals surface area contributed by atoms with Crippen molar-refractivity contribution in [3.05, 3.63) is 35.2 Å². The van der Waals surface area contributed by atoms with Crippen LogP contribution in [0.5, 0.6) is 0 Å². The number of carbonyl (C=O) groups excluding carboxylic acids is 1. The topological polar surface area (TPSA) is 84.1 Å². The molecular weight excluding hydrogens is 426 g/mol. The number of benzene rings is 1. The van der Waals surface area contributed by atoms with E-state index in [1.54, 1.807) is 41.4 Å². The molecule has 2 aromatic rings. The molecule has 162 valence electrons. The summed E-state index contributed by atoms with van der Waals surface area (Å²) in [6.45, 7) is 7.18. The minimum absolute atomic E-state index is 0.246. The quantitative estimate of drug-likeness (QED) is 0.494. The first-order chi connectivity index (χ1) is 14.3. The molecule has 3 rings (SSSR count). The van der Waals surface area contributed by atoms with Crippen LogP contribution in [0.1, 0.15) is 32.7 Å². The maximum Gasteiger partial charge on any atom is 0.410 e. The Hall–Kier alpha value is -2.10. The number of hydrogen-bond acceptors (Lipinski definition) is 8. The van der Waals surface area contributed by atoms with Gasteiger partial charge in [-0.15, -0.1) is 0 Å². The molecule has 1 aromatic carbocycles. The summed E-state index contributed by atoms with van der Waals surface area (Å²) in [5.41, 5.74) is 2.01. The molecule has 30 heavy (non-hydrogen) atoms. The summed E-state index contributed by atoms with van der Waals surface area (Å²) in [6.07, 6.45) is -0.343. The third-order valence-corrected chi connectivity index (χ3v) is 5.45. The lowest BCUT2D eigenvalue weighted by atomic mass is 10.1. The van der Waals surface area contributed by atoms with Crippen LogP contribution in [0.25, 0.3) is 11.4 Å². The van der Waals surface area contributed by atoms with Crippen molar-refractivity contribution >= 4 is 35.0 Å². The van der Waals surface area contributed by atoms with Gasteiger partial charge >= 0.3 is 6.09 Å². The molecular formula is C20H26ClN5O3S. The maximum absolute atomic E-state index is 12.6. The fraction of sp³-hybridized carbons (Fsp3) is 0.500. The second-order valence-electron chi connectivity index (χ2n) is 7.88. The molecule has 1 saturated heterocycles. The minimum Gasteiger partial charge on any atom is -0.444 e. The first kappa shape index (κ1) is 22.6. The van der Waals surface area contributed by atoms with Crippen molar-refractivity contribution in [3.8, 4) is 11.4 Å². The smallest absolute Gasteiger partial charge is 0.410 e. The van der Waals surface area contributed by atoms with Gasteiger partial charge in [0.15, 0.2) is 0 Å². The summed E-state index contributed by atoms with van der Waals surface area (Å²) in [6, 6.07) is 7.05. The molecule has 1 amide bonds. The fourth-order valence-electron chi connectivity index (χ4n) is 3.02. The standard InChI is InChI=1S/C20H26ClN5O3S/c1-20(2,3)28-19(27)25-8-9-26(13-30-12-22-4)16(11-25)18-23-17(24-29-18)14-6-5-7-15(21)10-14/h5-7,10,12,16H,8-9,11,13H2,1-4H3. The Morgan fingerprint density at radius 2 is 2.23 bits per heavy atom. The van der Waals surface area contributed by atoms with E-state index >= 15 is 0 Å². The van der Waals surface area contributed by atoms with Crippen molar-refractivity contribution in [1.29, 1.82) is 0 Å². The lowest BCUT2D eigenvalue weighted by Crippen LogP contribution is -2.51. The molecule has 8 nitrogen and oxygen atoms in total. The number of ether oxygens (including phenoxy) is 1. The summed E-state index contributed by atoms with van der Waals surface area (Å²) >= 11 is 7.66. The van der Waals surface area contributed by atoms with Crippen LogP contribution in [0.3, 0.4) is 0 Å². The first-order valence-corrected chi connectivity index (χ1v) is 11.0. The van der Waals surface area contributed by atoms with Gasteiger partial charge in [-0.2, -0.15) is 4.98 Å². The molecule has 1 atom stereocenters. The zero-order chi connectivity index (χ0) is 21.7. The fourth-order valence-corrected chi connectivity index (χ4v) is 3.93. The molecule has 1 unspecified atom stereocenters. The van der Waals surface area contributed by atoms with E-state index in [-0.39, 0.29) is 12.1 Å². The number of aliphatic imine (C=N–C) groups is 1. The number of aromatic nitrogens is 2. The predicted octanol–water partition coefficient (Wildman–Crippen LogP) is 4.33. The molecule has 1 fully saturated rings. The highest BCUT2D eigenvalue weighted by atomic mass is 35.5. The molecule has 0 aliphatic carbocycles. The first-order valence-electron chi connectivity index (χ1n) is 9.60. The lowest BCUT2D eigenvalue weighted by Gasteiger charge is -2.39. The Balaban J connectivity index is 1.81. The molecule has 0 spiro atoms. The van der Waals surface area contributed by atoms with E-state index in [4.69, 9.17) is 20.9 Å². The number of rotatable bonds is 5. The van der Waals surface area contributed by atoms with Gasteiger partial charge < -0.3 is 14.2 Å². The monoisotopic (exact) mass is 451 g/mol. The highest BCUT2D eigenvalue weighted by Crippen LogP contribution is 2.29. The molecule has 10 heteroatoms. The van der Waals surface area contributed by atoms with Crippen molar-refractivity contribution in [3.63, 3.8) is 0 Å². The molecule has 0 saturated carbocycles. The highest BCUT2D eigenvalue weighted by molar-refractivity contribution is 8.12. The summed E-state index contributed by atoms with van der Waals surface area (Å²) in [5, 5.41) is 4.73. The molecule has 0 N–H and O–H groups in total. The van der Waals surface area contributed by atoms with Crippen LogP contribution in [0.15, 0.2) is 33.8 Å². The zero-order valence-corrected chi connectivity index (χ0v) is 19.1. The number of nitrogens with zero attached hydrogens (tertiary/aromatic N) is 5. The van der Waals surface area contributed by atoms with Crippen molar-refractivity contribution in [2.24, 2.45) is 4.99 Å². The Labute approximate surface area is 185 Å². The van der Waals surface area contributed by atoms with Gasteiger partial charge in [-0.3, -0.25) is 9.89 Å². The van der Waals surface area contributed by atoms with Crippen LogP contribution in [0.4, 0.5) is 4.79 Å². The number of amides is 1. The van der Waals surface area contributed by atoms with Gasteiger partial charge in [-0.05, 0) is 32.9 Å². The molecule has 0 radical (unpaired) electrons. The second kappa shape index (κ2) is 9.80. The van der Waals surface area contributed by atoms with Crippen molar-refractivity contribution in [2.45, 2.75) is 32.4 Å². The van der Waals surface area contributed by atoms with Crippen LogP contribution < -0.4 is 0 Å². The third kappa shape index (κ3) is 5.96. The van der Waals surface area contributed by atoms with E-state index in [9.17, 15) is 4.79 Å². The van der Waals surface area contributed by atoms with Gasteiger partial charge in [-0.25, -0.2) is 4.79 Å². The van der Waals surface area contributed by atoms with Gasteiger partial charge in [0.1, 0.15) is 11.6 Å². The largest absolute Gasteiger partial charge is 0.444 e. The van der Waals surface area contributed by atoms with Crippen molar-refractivity contribution in [2.75, 3.05) is 32.6 Å². The summed E-state index contributed by atoms with van der Waals surface area (Å²) < 4.78 is 11.1. The third-order valence-electron chi connectivity index (χ3n) is 4.37. The molecule has 1 aliphatic heterocycles. The highest BCUT2D eigenvalue weighted by Gasteiger charge is 2.36. The number of thioether (sulfide) groups is 1. The van der Waals surface area contributed by atoms with Crippen LogP contribution in [-0.2, 0) is 4.74 Å². The Morgan fingerprint density at radius 3 is 2.93 bits per heavy atom. The van der Waals surface area contributed by atoms with E-state index in [2.05, 4.69) is 20.0 Å². The minimum atomic E-state index is -0.554. The molecule has 1 aliphatic rings. The van der Waals surface area contributed by atoms with Gasteiger partial charge in [0, 0.05) is 37.3 Å². The average Bonchev–Trinajstić information content (AvgIpc) is 3.17. The maximum atomic E-state index is 12.6. The van der Waals surface area contributed by atoms with Crippen LogP contribution in [0.2, 0.25) is 5.02 Å². The van der Waals surface area contributed by atoms with E-state index in [0.29, 0.717) is 42.2 Å². The Bertz CT molecular complexity index is 899. The van der Waals surface area contributed by atoms with E-state index in [1.807, 2.05) is 32.9 Å². The predicted molar refractivity (Wildman–Crippen MR) is 119 cm³/mol. The van der Waals surface area contributed by atoms with E-state index in [0.717, 1.165) is 5.56 Å². The summed E-state index contributed by atoms with van der Waals surface area (Å²) in [4.78, 5) is 25.1. The number of halogens is 1. The van der Waals surface area contributed by atoms with Crippen LogP contribution in [0, 0.1) is 0 Å². The summed E-state index contributed by atoms with van der Waals surface area (Å²) in [5.74, 6) is 1.61. The van der Waals surface area contributed by atoms with Crippen molar-refractivity contribution in [1.82, 2.24) is 19.9 Å².